The summed E-state index contributed by atoms with van der Waals surface area (Å²) in [4.78, 5) is 4.78. The van der Waals surface area contributed by atoms with Crippen LogP contribution in [0.1, 0.15) is 41.2 Å². The van der Waals surface area contributed by atoms with Crippen LogP contribution in [0.15, 0.2) is 53.0 Å². The van der Waals surface area contributed by atoms with Crippen molar-refractivity contribution in [1.82, 2.24) is 19.7 Å². The molecule has 2 aromatic carbocycles. The van der Waals surface area contributed by atoms with Crippen LogP contribution in [-0.4, -0.2) is 19.7 Å². The van der Waals surface area contributed by atoms with E-state index in [1.807, 2.05) is 24.6 Å². The highest BCUT2D eigenvalue weighted by Crippen LogP contribution is 2.29. The van der Waals surface area contributed by atoms with Crippen LogP contribution in [0.4, 0.5) is 0 Å². The van der Waals surface area contributed by atoms with Gasteiger partial charge in [-0.05, 0) is 51.0 Å². The summed E-state index contributed by atoms with van der Waals surface area (Å²) in [6.07, 6.45) is -0.193. The van der Waals surface area contributed by atoms with Gasteiger partial charge >= 0.3 is 0 Å². The molecule has 0 aliphatic rings. The van der Waals surface area contributed by atoms with Gasteiger partial charge in [0.1, 0.15) is 10.8 Å². The molecule has 0 saturated heterocycles. The molecule has 2 aromatic heterocycles. The van der Waals surface area contributed by atoms with Gasteiger partial charge in [0.2, 0.25) is 0 Å². The lowest BCUT2D eigenvalue weighted by molar-refractivity contribution is 0.211. The van der Waals surface area contributed by atoms with E-state index in [1.165, 1.54) is 16.7 Å². The lowest BCUT2D eigenvalue weighted by atomic mass is 10.1. The largest absolute Gasteiger partial charge is 0.483 e. The van der Waals surface area contributed by atoms with Crippen molar-refractivity contribution in [3.63, 3.8) is 0 Å². The Morgan fingerprint density at radius 1 is 1.03 bits per heavy atom. The predicted molar refractivity (Wildman–Crippen MR) is 128 cm³/mol. The maximum Gasteiger partial charge on any atom is 0.191 e. The molecule has 1 atom stereocenters. The SMILES string of the molecule is Cc1ccc(-c2nc(CSc3nnc(C(C)Oc4ccc(C)c(C)c4)n3C)cs2)cc1. The third-order valence-corrected chi connectivity index (χ3v) is 7.22. The van der Waals surface area contributed by atoms with E-state index in [-0.39, 0.29) is 6.10 Å². The topological polar surface area (TPSA) is 52.8 Å². The highest BCUT2D eigenvalue weighted by Gasteiger charge is 2.18. The summed E-state index contributed by atoms with van der Waals surface area (Å²) < 4.78 is 8.11. The van der Waals surface area contributed by atoms with Gasteiger partial charge in [0.15, 0.2) is 17.1 Å². The van der Waals surface area contributed by atoms with Gasteiger partial charge in [0.05, 0.1) is 5.69 Å². The Kier molecular flexibility index (Phi) is 6.43. The summed E-state index contributed by atoms with van der Waals surface area (Å²) in [6.45, 7) is 8.28. The van der Waals surface area contributed by atoms with E-state index in [0.717, 1.165) is 38.7 Å². The van der Waals surface area contributed by atoms with Crippen LogP contribution in [0.2, 0.25) is 0 Å². The Morgan fingerprint density at radius 3 is 2.55 bits per heavy atom. The standard InChI is InChI=1S/C24H26N4OS2/c1-15-6-9-19(10-7-15)23-25-20(13-30-23)14-31-24-27-26-22(28(24)5)18(4)29-21-11-8-16(2)17(3)12-21/h6-13,18H,14H2,1-5H3. The number of hydrogen-bond acceptors (Lipinski definition) is 6. The first-order valence-corrected chi connectivity index (χ1v) is 12.0. The zero-order valence-electron chi connectivity index (χ0n) is 18.4. The molecule has 1 unspecified atom stereocenters. The van der Waals surface area contributed by atoms with Crippen molar-refractivity contribution in [3.8, 4) is 16.3 Å². The van der Waals surface area contributed by atoms with Gasteiger partial charge in [-0.1, -0.05) is 47.7 Å². The minimum atomic E-state index is -0.193. The second kappa shape index (κ2) is 9.24. The Balaban J connectivity index is 1.40. The van der Waals surface area contributed by atoms with E-state index in [9.17, 15) is 0 Å². The molecule has 5 nitrogen and oxygen atoms in total. The van der Waals surface area contributed by atoms with Crippen molar-refractivity contribution in [2.75, 3.05) is 0 Å². The highest BCUT2D eigenvalue weighted by molar-refractivity contribution is 7.98. The summed E-state index contributed by atoms with van der Waals surface area (Å²) in [5.41, 5.74) is 5.93. The fraction of sp³-hybridized carbons (Fsp3) is 0.292. The van der Waals surface area contributed by atoms with Crippen molar-refractivity contribution in [2.45, 2.75) is 44.7 Å². The predicted octanol–water partition coefficient (Wildman–Crippen LogP) is 6.30. The molecular formula is C24H26N4OS2. The second-order valence-corrected chi connectivity index (χ2v) is 9.51. The van der Waals surface area contributed by atoms with Gasteiger partial charge in [0.25, 0.3) is 0 Å². The third-order valence-electron chi connectivity index (χ3n) is 5.22. The van der Waals surface area contributed by atoms with Crippen molar-refractivity contribution >= 4 is 23.1 Å². The van der Waals surface area contributed by atoms with Gasteiger partial charge < -0.3 is 9.30 Å². The normalized spacial score (nSPS) is 12.2. The van der Waals surface area contributed by atoms with Gasteiger partial charge in [-0.25, -0.2) is 4.98 Å². The van der Waals surface area contributed by atoms with Crippen LogP contribution in [0.25, 0.3) is 10.6 Å². The fourth-order valence-electron chi connectivity index (χ4n) is 3.19. The molecular weight excluding hydrogens is 424 g/mol. The van der Waals surface area contributed by atoms with Crippen LogP contribution in [0, 0.1) is 20.8 Å². The van der Waals surface area contributed by atoms with E-state index in [4.69, 9.17) is 9.72 Å². The van der Waals surface area contributed by atoms with Crippen molar-refractivity contribution in [2.24, 2.45) is 7.05 Å². The number of aromatic nitrogens is 4. The molecule has 7 heteroatoms. The molecule has 4 rings (SSSR count). The first-order valence-electron chi connectivity index (χ1n) is 10.2. The van der Waals surface area contributed by atoms with Gasteiger partial charge in [-0.15, -0.1) is 21.5 Å². The number of benzene rings is 2. The zero-order chi connectivity index (χ0) is 22.0. The van der Waals surface area contributed by atoms with Crippen molar-refractivity contribution in [3.05, 3.63) is 76.1 Å². The van der Waals surface area contributed by atoms with Crippen LogP contribution < -0.4 is 4.74 Å². The van der Waals surface area contributed by atoms with Crippen LogP contribution in [0.3, 0.4) is 0 Å². The number of rotatable bonds is 7. The number of thioether (sulfide) groups is 1. The Hall–Kier alpha value is -2.64. The molecule has 0 spiro atoms. The van der Waals surface area contributed by atoms with Gasteiger partial charge in [-0.2, -0.15) is 0 Å². The minimum absolute atomic E-state index is 0.193. The van der Waals surface area contributed by atoms with Crippen LogP contribution >= 0.6 is 23.1 Å². The molecule has 0 aliphatic heterocycles. The number of hydrogen-bond donors (Lipinski definition) is 0. The smallest absolute Gasteiger partial charge is 0.191 e. The van der Waals surface area contributed by atoms with Crippen molar-refractivity contribution in [1.29, 1.82) is 0 Å². The molecule has 0 saturated carbocycles. The Bertz CT molecular complexity index is 1180. The van der Waals surface area contributed by atoms with Gasteiger partial charge in [-0.3, -0.25) is 0 Å². The zero-order valence-corrected chi connectivity index (χ0v) is 20.0. The maximum absolute atomic E-state index is 6.11. The average molecular weight is 451 g/mol. The first kappa shape index (κ1) is 21.6. The van der Waals surface area contributed by atoms with Crippen LogP contribution in [-0.2, 0) is 12.8 Å². The number of aryl methyl sites for hydroxylation is 3. The van der Waals surface area contributed by atoms with Crippen LogP contribution in [0.5, 0.6) is 5.75 Å². The quantitative estimate of drug-likeness (QED) is 0.309. The molecule has 31 heavy (non-hydrogen) atoms. The van der Waals surface area contributed by atoms with E-state index in [0.29, 0.717) is 0 Å². The molecule has 0 N–H and O–H groups in total. The third kappa shape index (κ3) is 4.99. The Morgan fingerprint density at radius 2 is 1.81 bits per heavy atom. The second-order valence-electron chi connectivity index (χ2n) is 7.70. The summed E-state index contributed by atoms with van der Waals surface area (Å²) in [5, 5.41) is 12.8. The monoisotopic (exact) mass is 450 g/mol. The minimum Gasteiger partial charge on any atom is -0.483 e. The molecule has 2 heterocycles. The molecule has 0 amide bonds. The molecule has 4 aromatic rings. The molecule has 0 aliphatic carbocycles. The average Bonchev–Trinajstić information content (AvgIpc) is 3.36. The van der Waals surface area contributed by atoms with Crippen molar-refractivity contribution < 1.29 is 4.74 Å². The van der Waals surface area contributed by atoms with Gasteiger partial charge in [0, 0.05) is 23.7 Å². The molecule has 160 valence electrons. The lowest BCUT2D eigenvalue weighted by Crippen LogP contribution is -2.10. The Labute approximate surface area is 191 Å². The molecule has 0 fully saturated rings. The summed E-state index contributed by atoms with van der Waals surface area (Å²) in [6, 6.07) is 14.6. The number of thiazole rings is 1. The van der Waals surface area contributed by atoms with E-state index in [1.54, 1.807) is 23.1 Å². The summed E-state index contributed by atoms with van der Waals surface area (Å²) in [5.74, 6) is 2.40. The molecule has 0 bridgehead atoms. The number of nitrogens with zero attached hydrogens (tertiary/aromatic N) is 4. The summed E-state index contributed by atoms with van der Waals surface area (Å²) in [7, 11) is 1.98. The van der Waals surface area contributed by atoms with E-state index in [2.05, 4.69) is 72.7 Å². The first-order chi connectivity index (χ1) is 14.9. The molecule has 0 radical (unpaired) electrons. The van der Waals surface area contributed by atoms with E-state index >= 15 is 0 Å². The highest BCUT2D eigenvalue weighted by atomic mass is 32.2. The van der Waals surface area contributed by atoms with E-state index < -0.39 is 0 Å². The number of ether oxygens (including phenoxy) is 1. The lowest BCUT2D eigenvalue weighted by Gasteiger charge is -2.15. The maximum atomic E-state index is 6.11. The fourth-order valence-corrected chi connectivity index (χ4v) is 4.93. The summed E-state index contributed by atoms with van der Waals surface area (Å²) >= 11 is 3.31.